The van der Waals surface area contributed by atoms with E-state index >= 15 is 0 Å². The first-order chi connectivity index (χ1) is 10.2. The fourth-order valence-corrected chi connectivity index (χ4v) is 4.23. The first kappa shape index (κ1) is 15.1. The van der Waals surface area contributed by atoms with E-state index in [2.05, 4.69) is 31.2 Å². The molecule has 0 amide bonds. The smallest absolute Gasteiger partial charge is 0.0687 e. The summed E-state index contributed by atoms with van der Waals surface area (Å²) in [6.45, 7) is 2.96. The van der Waals surface area contributed by atoms with Crippen molar-refractivity contribution in [1.82, 2.24) is 0 Å². The number of hydrogen-bond acceptors (Lipinski definition) is 2. The van der Waals surface area contributed by atoms with Gasteiger partial charge in [-0.2, -0.15) is 0 Å². The quantitative estimate of drug-likeness (QED) is 0.888. The first-order valence-electron chi connectivity index (χ1n) is 8.63. The summed E-state index contributed by atoms with van der Waals surface area (Å²) in [7, 11) is 0. The van der Waals surface area contributed by atoms with Gasteiger partial charge < -0.3 is 10.5 Å². The molecule has 2 heteroatoms. The predicted molar refractivity (Wildman–Crippen MR) is 87.4 cm³/mol. The number of benzene rings is 1. The van der Waals surface area contributed by atoms with Crippen LogP contribution in [-0.2, 0) is 11.2 Å². The minimum Gasteiger partial charge on any atom is -0.372 e. The normalized spacial score (nSPS) is 25.5. The van der Waals surface area contributed by atoms with E-state index in [0.717, 1.165) is 19.4 Å². The van der Waals surface area contributed by atoms with Gasteiger partial charge in [-0.15, -0.1) is 0 Å². The molecule has 2 N–H and O–H groups in total. The van der Waals surface area contributed by atoms with Crippen molar-refractivity contribution in [1.29, 1.82) is 0 Å². The SMILES string of the molecule is Cc1ccccc1CC(CN)CC1CCC2(CCCC2)O1. The molecule has 1 heterocycles. The fourth-order valence-electron chi connectivity index (χ4n) is 4.23. The summed E-state index contributed by atoms with van der Waals surface area (Å²) in [6.07, 6.45) is 10.5. The topological polar surface area (TPSA) is 35.2 Å². The molecule has 1 spiro atoms. The molecule has 2 nitrogen and oxygen atoms in total. The Morgan fingerprint density at radius 3 is 2.71 bits per heavy atom. The van der Waals surface area contributed by atoms with E-state index in [4.69, 9.17) is 10.5 Å². The molecule has 0 aromatic heterocycles. The van der Waals surface area contributed by atoms with Crippen LogP contribution < -0.4 is 5.73 Å². The highest BCUT2D eigenvalue weighted by molar-refractivity contribution is 5.26. The number of aryl methyl sites for hydroxylation is 1. The fraction of sp³-hybridized carbons (Fsp3) is 0.684. The van der Waals surface area contributed by atoms with Crippen molar-refractivity contribution in [3.05, 3.63) is 35.4 Å². The summed E-state index contributed by atoms with van der Waals surface area (Å²) in [5, 5.41) is 0. The molecule has 1 saturated carbocycles. The minimum atomic E-state index is 0.256. The van der Waals surface area contributed by atoms with Gasteiger partial charge in [-0.05, 0) is 69.0 Å². The molecule has 2 aliphatic rings. The molecule has 2 atom stereocenters. The highest BCUT2D eigenvalue weighted by atomic mass is 16.5. The Hall–Kier alpha value is -0.860. The Labute approximate surface area is 129 Å². The lowest BCUT2D eigenvalue weighted by Crippen LogP contribution is -2.27. The second kappa shape index (κ2) is 6.50. The molecule has 0 bridgehead atoms. The zero-order valence-electron chi connectivity index (χ0n) is 13.3. The second-order valence-corrected chi connectivity index (χ2v) is 7.14. The van der Waals surface area contributed by atoms with Gasteiger partial charge in [-0.25, -0.2) is 0 Å². The third-order valence-electron chi connectivity index (χ3n) is 5.55. The molecule has 21 heavy (non-hydrogen) atoms. The largest absolute Gasteiger partial charge is 0.372 e. The van der Waals surface area contributed by atoms with Crippen LogP contribution >= 0.6 is 0 Å². The van der Waals surface area contributed by atoms with E-state index in [9.17, 15) is 0 Å². The molecule has 2 unspecified atom stereocenters. The lowest BCUT2D eigenvalue weighted by Gasteiger charge is -2.26. The van der Waals surface area contributed by atoms with Gasteiger partial charge >= 0.3 is 0 Å². The predicted octanol–water partition coefficient (Wildman–Crippen LogP) is 3.99. The lowest BCUT2D eigenvalue weighted by molar-refractivity contribution is -0.0438. The van der Waals surface area contributed by atoms with E-state index in [1.807, 2.05) is 0 Å². The van der Waals surface area contributed by atoms with Gasteiger partial charge in [0.25, 0.3) is 0 Å². The van der Waals surface area contributed by atoms with Crippen molar-refractivity contribution in [2.75, 3.05) is 6.54 Å². The van der Waals surface area contributed by atoms with Crippen molar-refractivity contribution < 1.29 is 4.74 Å². The van der Waals surface area contributed by atoms with Gasteiger partial charge in [0, 0.05) is 0 Å². The zero-order valence-corrected chi connectivity index (χ0v) is 13.3. The molecule has 1 aliphatic carbocycles. The van der Waals surface area contributed by atoms with Crippen LogP contribution in [0.5, 0.6) is 0 Å². The Bertz CT molecular complexity index is 464. The number of rotatable bonds is 5. The van der Waals surface area contributed by atoms with E-state index < -0.39 is 0 Å². The Morgan fingerprint density at radius 1 is 1.24 bits per heavy atom. The Kier molecular flexibility index (Phi) is 4.66. The van der Waals surface area contributed by atoms with E-state index in [1.54, 1.807) is 0 Å². The average Bonchev–Trinajstić information content (AvgIpc) is 3.11. The number of nitrogens with two attached hydrogens (primary N) is 1. The third-order valence-corrected chi connectivity index (χ3v) is 5.55. The molecule has 116 valence electrons. The summed E-state index contributed by atoms with van der Waals surface area (Å²) in [6, 6.07) is 8.68. The van der Waals surface area contributed by atoms with Crippen LogP contribution in [-0.4, -0.2) is 18.2 Å². The standard InChI is InChI=1S/C19H29NO/c1-15-6-2-3-7-17(15)12-16(14-20)13-18-8-11-19(21-18)9-4-5-10-19/h2-3,6-7,16,18H,4-5,8-14,20H2,1H3. The molecule has 1 aliphatic heterocycles. The summed E-state index contributed by atoms with van der Waals surface area (Å²) in [5.74, 6) is 0.549. The van der Waals surface area contributed by atoms with Crippen LogP contribution in [0, 0.1) is 12.8 Å². The summed E-state index contributed by atoms with van der Waals surface area (Å²) >= 11 is 0. The molecule has 0 radical (unpaired) electrons. The van der Waals surface area contributed by atoms with Gasteiger partial charge in [-0.3, -0.25) is 0 Å². The lowest BCUT2D eigenvalue weighted by atomic mass is 9.90. The molecule has 1 saturated heterocycles. The maximum atomic E-state index is 6.45. The summed E-state index contributed by atoms with van der Waals surface area (Å²) in [4.78, 5) is 0. The van der Waals surface area contributed by atoms with Crippen molar-refractivity contribution in [2.45, 2.75) is 70.0 Å². The second-order valence-electron chi connectivity index (χ2n) is 7.14. The van der Waals surface area contributed by atoms with Crippen LogP contribution in [0.1, 0.15) is 56.1 Å². The van der Waals surface area contributed by atoms with Gasteiger partial charge in [-0.1, -0.05) is 37.1 Å². The third kappa shape index (κ3) is 3.49. The highest BCUT2D eigenvalue weighted by Crippen LogP contribution is 2.44. The van der Waals surface area contributed by atoms with Crippen molar-refractivity contribution >= 4 is 0 Å². The van der Waals surface area contributed by atoms with Crippen LogP contribution in [0.4, 0.5) is 0 Å². The van der Waals surface area contributed by atoms with Crippen LogP contribution in [0.15, 0.2) is 24.3 Å². The van der Waals surface area contributed by atoms with Gasteiger partial charge in [0.1, 0.15) is 0 Å². The Morgan fingerprint density at radius 2 is 2.00 bits per heavy atom. The monoisotopic (exact) mass is 287 g/mol. The van der Waals surface area contributed by atoms with Crippen molar-refractivity contribution in [2.24, 2.45) is 11.7 Å². The van der Waals surface area contributed by atoms with Crippen LogP contribution in [0.2, 0.25) is 0 Å². The van der Waals surface area contributed by atoms with Crippen molar-refractivity contribution in [3.63, 3.8) is 0 Å². The van der Waals surface area contributed by atoms with Crippen molar-refractivity contribution in [3.8, 4) is 0 Å². The maximum absolute atomic E-state index is 6.45. The first-order valence-corrected chi connectivity index (χ1v) is 8.63. The van der Waals surface area contributed by atoms with Gasteiger partial charge in [0.15, 0.2) is 0 Å². The Balaban J connectivity index is 1.57. The van der Waals surface area contributed by atoms with E-state index in [0.29, 0.717) is 12.0 Å². The van der Waals surface area contributed by atoms with Crippen LogP contribution in [0.3, 0.4) is 0 Å². The van der Waals surface area contributed by atoms with E-state index in [-0.39, 0.29) is 5.60 Å². The van der Waals surface area contributed by atoms with Crippen LogP contribution in [0.25, 0.3) is 0 Å². The average molecular weight is 287 g/mol. The van der Waals surface area contributed by atoms with E-state index in [1.165, 1.54) is 49.7 Å². The summed E-state index contributed by atoms with van der Waals surface area (Å²) in [5.41, 5.74) is 9.13. The number of hydrogen-bond donors (Lipinski definition) is 1. The summed E-state index contributed by atoms with van der Waals surface area (Å²) < 4.78 is 6.45. The van der Waals surface area contributed by atoms with Gasteiger partial charge in [0.2, 0.25) is 0 Å². The van der Waals surface area contributed by atoms with Gasteiger partial charge in [0.05, 0.1) is 11.7 Å². The zero-order chi connectivity index (χ0) is 14.7. The minimum absolute atomic E-state index is 0.256. The molecule has 2 fully saturated rings. The molecule has 1 aromatic carbocycles. The molecular weight excluding hydrogens is 258 g/mol. The molecule has 1 aromatic rings. The highest BCUT2D eigenvalue weighted by Gasteiger charge is 2.42. The molecular formula is C19H29NO. The number of ether oxygens (including phenoxy) is 1. The maximum Gasteiger partial charge on any atom is 0.0687 e. The molecule has 3 rings (SSSR count).